The second kappa shape index (κ2) is 3.72. The molecule has 1 rings (SSSR count). The molecule has 0 aromatic carbocycles. The average Bonchev–Trinajstić information content (AvgIpc) is 2.35. The summed E-state index contributed by atoms with van der Waals surface area (Å²) in [5.74, 6) is 0.112. The van der Waals surface area contributed by atoms with Gasteiger partial charge in [-0.05, 0) is 19.1 Å². The van der Waals surface area contributed by atoms with Crippen molar-refractivity contribution in [2.75, 3.05) is 7.05 Å². The minimum Gasteiger partial charge on any atom is -0.341 e. The molecule has 0 atom stereocenters. The number of thiophene rings is 1. The van der Waals surface area contributed by atoms with Crippen LogP contribution in [0.2, 0.25) is 0 Å². The van der Waals surface area contributed by atoms with Crippen molar-refractivity contribution in [3.05, 3.63) is 21.9 Å². The first-order valence-corrected chi connectivity index (χ1v) is 4.68. The minimum absolute atomic E-state index is 0.112. The molecule has 1 amide bonds. The van der Waals surface area contributed by atoms with Crippen LogP contribution < -0.4 is 0 Å². The predicted octanol–water partition coefficient (Wildman–Crippen LogP) is 2.03. The molecule has 0 aliphatic rings. The van der Waals surface area contributed by atoms with Crippen LogP contribution in [0.25, 0.3) is 0 Å². The van der Waals surface area contributed by atoms with Gasteiger partial charge in [0, 0.05) is 23.7 Å². The molecular formula is C9H13NOS. The van der Waals surface area contributed by atoms with Crippen LogP contribution in [0.5, 0.6) is 0 Å². The van der Waals surface area contributed by atoms with Gasteiger partial charge in [0.1, 0.15) is 0 Å². The molecular weight excluding hydrogens is 170 g/mol. The van der Waals surface area contributed by atoms with Gasteiger partial charge >= 0.3 is 0 Å². The summed E-state index contributed by atoms with van der Waals surface area (Å²) in [5.41, 5.74) is 0. The molecule has 3 heteroatoms. The normalized spacial score (nSPS) is 9.92. The monoisotopic (exact) mass is 183 g/mol. The van der Waals surface area contributed by atoms with Crippen LogP contribution in [0.1, 0.15) is 16.7 Å². The number of rotatable bonds is 2. The Labute approximate surface area is 76.8 Å². The molecule has 1 aromatic rings. The highest BCUT2D eigenvalue weighted by Crippen LogP contribution is 2.16. The van der Waals surface area contributed by atoms with Crippen molar-refractivity contribution < 1.29 is 4.79 Å². The number of hydrogen-bond acceptors (Lipinski definition) is 2. The van der Waals surface area contributed by atoms with Crippen molar-refractivity contribution in [2.45, 2.75) is 20.4 Å². The lowest BCUT2D eigenvalue weighted by molar-refractivity contribution is -0.128. The average molecular weight is 183 g/mol. The first-order valence-electron chi connectivity index (χ1n) is 3.86. The van der Waals surface area contributed by atoms with E-state index in [0.717, 1.165) is 6.54 Å². The Hall–Kier alpha value is -0.830. The highest BCUT2D eigenvalue weighted by Gasteiger charge is 2.03. The highest BCUT2D eigenvalue weighted by molar-refractivity contribution is 7.11. The van der Waals surface area contributed by atoms with E-state index < -0.39 is 0 Å². The molecule has 0 aliphatic heterocycles. The third-order valence-corrected chi connectivity index (χ3v) is 2.71. The lowest BCUT2D eigenvalue weighted by Crippen LogP contribution is -2.22. The van der Waals surface area contributed by atoms with Gasteiger partial charge in [-0.15, -0.1) is 11.3 Å². The molecule has 0 saturated carbocycles. The molecule has 12 heavy (non-hydrogen) atoms. The number of carbonyl (C=O) groups excluding carboxylic acids is 1. The van der Waals surface area contributed by atoms with Crippen molar-refractivity contribution in [1.82, 2.24) is 4.90 Å². The molecule has 0 N–H and O–H groups in total. The Morgan fingerprint density at radius 3 is 2.67 bits per heavy atom. The zero-order valence-corrected chi connectivity index (χ0v) is 8.44. The molecule has 0 bridgehead atoms. The van der Waals surface area contributed by atoms with Crippen LogP contribution in [0.4, 0.5) is 0 Å². The smallest absolute Gasteiger partial charge is 0.219 e. The van der Waals surface area contributed by atoms with E-state index in [1.807, 2.05) is 7.05 Å². The van der Waals surface area contributed by atoms with Crippen LogP contribution in [0, 0.1) is 6.92 Å². The van der Waals surface area contributed by atoms with Gasteiger partial charge in [0.15, 0.2) is 0 Å². The van der Waals surface area contributed by atoms with E-state index in [2.05, 4.69) is 19.1 Å². The lowest BCUT2D eigenvalue weighted by atomic mass is 10.4. The van der Waals surface area contributed by atoms with E-state index in [4.69, 9.17) is 0 Å². The topological polar surface area (TPSA) is 20.3 Å². The van der Waals surface area contributed by atoms with Gasteiger partial charge < -0.3 is 4.90 Å². The van der Waals surface area contributed by atoms with Gasteiger partial charge in [0.05, 0.1) is 6.54 Å². The minimum atomic E-state index is 0.112. The van der Waals surface area contributed by atoms with Gasteiger partial charge in [-0.3, -0.25) is 4.79 Å². The SMILES string of the molecule is CC(=O)N(C)Cc1ccc(C)s1. The quantitative estimate of drug-likeness (QED) is 0.687. The van der Waals surface area contributed by atoms with Crippen molar-refractivity contribution >= 4 is 17.2 Å². The summed E-state index contributed by atoms with van der Waals surface area (Å²) in [4.78, 5) is 15.1. The molecule has 0 saturated heterocycles. The van der Waals surface area contributed by atoms with Crippen LogP contribution in [0.15, 0.2) is 12.1 Å². The molecule has 0 radical (unpaired) electrons. The Kier molecular flexibility index (Phi) is 2.87. The second-order valence-electron chi connectivity index (χ2n) is 2.89. The van der Waals surface area contributed by atoms with Gasteiger partial charge in [-0.25, -0.2) is 0 Å². The van der Waals surface area contributed by atoms with E-state index in [1.54, 1.807) is 23.2 Å². The summed E-state index contributed by atoms with van der Waals surface area (Å²) in [7, 11) is 1.82. The van der Waals surface area contributed by atoms with Crippen LogP contribution >= 0.6 is 11.3 Å². The fraction of sp³-hybridized carbons (Fsp3) is 0.444. The van der Waals surface area contributed by atoms with Crippen LogP contribution in [-0.2, 0) is 11.3 Å². The molecule has 66 valence electrons. The zero-order chi connectivity index (χ0) is 9.14. The third kappa shape index (κ3) is 2.34. The molecule has 0 aliphatic carbocycles. The molecule has 1 heterocycles. The van der Waals surface area contributed by atoms with Crippen molar-refractivity contribution in [3.8, 4) is 0 Å². The Bertz CT molecular complexity index is 280. The maximum atomic E-state index is 10.9. The molecule has 1 aromatic heterocycles. The summed E-state index contributed by atoms with van der Waals surface area (Å²) in [6, 6.07) is 4.15. The van der Waals surface area contributed by atoms with E-state index in [-0.39, 0.29) is 5.91 Å². The van der Waals surface area contributed by atoms with E-state index in [1.165, 1.54) is 9.75 Å². The number of carbonyl (C=O) groups is 1. The zero-order valence-electron chi connectivity index (χ0n) is 7.63. The number of aryl methyl sites for hydroxylation is 1. The molecule has 0 unspecified atom stereocenters. The summed E-state index contributed by atoms with van der Waals surface area (Å²) in [6.45, 7) is 4.39. The van der Waals surface area contributed by atoms with Gasteiger partial charge in [0.2, 0.25) is 5.91 Å². The van der Waals surface area contributed by atoms with E-state index >= 15 is 0 Å². The Morgan fingerprint density at radius 1 is 1.58 bits per heavy atom. The summed E-state index contributed by atoms with van der Waals surface area (Å²) in [6.07, 6.45) is 0. The first-order chi connectivity index (χ1) is 5.59. The van der Waals surface area contributed by atoms with E-state index in [0.29, 0.717) is 0 Å². The molecule has 2 nitrogen and oxygen atoms in total. The summed E-state index contributed by atoms with van der Waals surface area (Å²) in [5, 5.41) is 0. The van der Waals surface area contributed by atoms with Gasteiger partial charge in [0.25, 0.3) is 0 Å². The molecule has 0 fully saturated rings. The number of nitrogens with zero attached hydrogens (tertiary/aromatic N) is 1. The van der Waals surface area contributed by atoms with Crippen LogP contribution in [-0.4, -0.2) is 17.9 Å². The maximum absolute atomic E-state index is 10.9. The van der Waals surface area contributed by atoms with Crippen LogP contribution in [0.3, 0.4) is 0 Å². The molecule has 0 spiro atoms. The second-order valence-corrected chi connectivity index (χ2v) is 4.26. The maximum Gasteiger partial charge on any atom is 0.219 e. The predicted molar refractivity (Wildman–Crippen MR) is 51.2 cm³/mol. The van der Waals surface area contributed by atoms with Gasteiger partial charge in [-0.1, -0.05) is 0 Å². The van der Waals surface area contributed by atoms with Gasteiger partial charge in [-0.2, -0.15) is 0 Å². The fourth-order valence-electron chi connectivity index (χ4n) is 0.915. The Morgan fingerprint density at radius 2 is 2.25 bits per heavy atom. The fourth-order valence-corrected chi connectivity index (χ4v) is 1.86. The van der Waals surface area contributed by atoms with E-state index in [9.17, 15) is 4.79 Å². The first kappa shape index (κ1) is 9.26. The summed E-state index contributed by atoms with van der Waals surface area (Å²) < 4.78 is 0. The summed E-state index contributed by atoms with van der Waals surface area (Å²) >= 11 is 1.74. The standard InChI is InChI=1S/C9H13NOS/c1-7-4-5-9(12-7)6-10(3)8(2)11/h4-5H,6H2,1-3H3. The Balaban J connectivity index is 2.58. The third-order valence-electron chi connectivity index (χ3n) is 1.73. The highest BCUT2D eigenvalue weighted by atomic mass is 32.1. The van der Waals surface area contributed by atoms with Crippen molar-refractivity contribution in [1.29, 1.82) is 0 Å². The number of hydrogen-bond donors (Lipinski definition) is 0. The van der Waals surface area contributed by atoms with Crippen molar-refractivity contribution in [3.63, 3.8) is 0 Å². The largest absolute Gasteiger partial charge is 0.341 e. The lowest BCUT2D eigenvalue weighted by Gasteiger charge is -2.12. The number of amides is 1. The van der Waals surface area contributed by atoms with Crippen molar-refractivity contribution in [2.24, 2.45) is 0 Å².